The number of aromatic nitrogens is 4. The van der Waals surface area contributed by atoms with Gasteiger partial charge in [0.15, 0.2) is 5.75 Å². The normalized spacial score (nSPS) is 22.5. The molecule has 0 bridgehead atoms. The topological polar surface area (TPSA) is 243 Å². The Hall–Kier alpha value is -7.14. The molecule has 3 aliphatic heterocycles. The van der Waals surface area contributed by atoms with E-state index in [0.717, 1.165) is 94.8 Å². The molecule has 6 aromatic rings. The van der Waals surface area contributed by atoms with Crippen LogP contribution in [0.3, 0.4) is 0 Å². The summed E-state index contributed by atoms with van der Waals surface area (Å²) in [6.45, 7) is 14.4. The molecule has 80 heavy (non-hydrogen) atoms. The minimum Gasteiger partial charge on any atom is -0.478 e. The maximum absolute atomic E-state index is 15.0. The van der Waals surface area contributed by atoms with E-state index >= 15 is 0 Å². The van der Waals surface area contributed by atoms with E-state index in [9.17, 15) is 32.8 Å². The number of benzene rings is 2. The highest BCUT2D eigenvalue weighted by Crippen LogP contribution is 2.54. The number of hydrogen-bond donors (Lipinski definition) is 5. The van der Waals surface area contributed by atoms with Gasteiger partial charge in [-0.25, -0.2) is 27.5 Å². The Kier molecular flexibility index (Phi) is 15.1. The number of halogens is 1. The molecule has 2 saturated carbocycles. The molecule has 4 fully saturated rings. The molecule has 424 valence electrons. The summed E-state index contributed by atoms with van der Waals surface area (Å²) < 4.78 is 62.8. The molecule has 2 aromatic carbocycles. The molecule has 1 amide bonds. The van der Waals surface area contributed by atoms with Crippen molar-refractivity contribution in [2.45, 2.75) is 120 Å². The van der Waals surface area contributed by atoms with Gasteiger partial charge in [-0.15, -0.1) is 0 Å². The quantitative estimate of drug-likeness (QED) is 0.0448. The minimum atomic E-state index is -4.75. The number of rotatable bonds is 16. The van der Waals surface area contributed by atoms with Crippen LogP contribution in [0.5, 0.6) is 23.3 Å². The predicted octanol–water partition coefficient (Wildman–Crippen LogP) is 9.30. The molecule has 0 radical (unpaired) electrons. The lowest BCUT2D eigenvalue weighted by Gasteiger charge is -2.58. The Morgan fingerprint density at radius 2 is 1.80 bits per heavy atom. The maximum Gasteiger partial charge on any atom is 0.312 e. The van der Waals surface area contributed by atoms with Gasteiger partial charge in [0.2, 0.25) is 11.7 Å². The van der Waals surface area contributed by atoms with Crippen LogP contribution in [0.4, 0.5) is 27.3 Å². The van der Waals surface area contributed by atoms with Gasteiger partial charge < -0.3 is 39.8 Å². The van der Waals surface area contributed by atoms with Crippen molar-refractivity contribution in [1.82, 2.24) is 34.5 Å². The first-order valence-corrected chi connectivity index (χ1v) is 29.2. The van der Waals surface area contributed by atoms with Gasteiger partial charge in [-0.05, 0) is 117 Å². The largest absolute Gasteiger partial charge is 0.478 e. The zero-order chi connectivity index (χ0) is 56.1. The zero-order valence-electron chi connectivity index (χ0n) is 45.8. The highest BCUT2D eigenvalue weighted by Gasteiger charge is 2.50. The van der Waals surface area contributed by atoms with Crippen LogP contribution in [0.25, 0.3) is 11.0 Å². The van der Waals surface area contributed by atoms with Crippen LogP contribution in [0.15, 0.2) is 84.1 Å². The number of methoxy groups -OCH3 is 1. The van der Waals surface area contributed by atoms with Gasteiger partial charge in [-0.3, -0.25) is 24.7 Å². The van der Waals surface area contributed by atoms with Crippen LogP contribution in [0, 0.1) is 27.3 Å². The fourth-order valence-electron chi connectivity index (χ4n) is 12.6. The smallest absolute Gasteiger partial charge is 0.312 e. The molecule has 2 saturated heterocycles. The first kappa shape index (κ1) is 54.8. The van der Waals surface area contributed by atoms with E-state index in [2.05, 4.69) is 101 Å². The lowest BCUT2D eigenvalue weighted by Crippen LogP contribution is -2.60. The van der Waals surface area contributed by atoms with Crippen LogP contribution in [0.1, 0.15) is 118 Å². The van der Waals surface area contributed by atoms with Crippen LogP contribution in [-0.2, 0) is 16.6 Å². The van der Waals surface area contributed by atoms with E-state index in [4.69, 9.17) is 14.2 Å². The molecule has 20 nitrogen and oxygen atoms in total. The average Bonchev–Trinajstić information content (AvgIpc) is 3.71. The molecule has 5 aliphatic rings. The summed E-state index contributed by atoms with van der Waals surface area (Å²) in [6, 6.07) is 19.0. The van der Waals surface area contributed by atoms with E-state index in [1.807, 2.05) is 6.20 Å². The van der Waals surface area contributed by atoms with E-state index in [0.29, 0.717) is 56.7 Å². The monoisotopic (exact) mass is 1120 g/mol. The molecule has 4 aromatic heterocycles. The Morgan fingerprint density at radius 1 is 1.02 bits per heavy atom. The fraction of sp³-hybridized carbons (Fsp3) is 0.483. The van der Waals surface area contributed by atoms with Crippen LogP contribution in [0.2, 0.25) is 0 Å². The van der Waals surface area contributed by atoms with Crippen molar-refractivity contribution in [2.75, 3.05) is 68.5 Å². The standard InChI is InChI=1S/C58H70FN11O9S/c1-35(2)42-8-6-7-9-43(42)48-33-67(32-38-14-19-60-56-51(38)64-36(3)34-78-56)22-23-69(48)40-27-58(28-40)17-20-68(21-18-58)39-10-11-44(49(24-39)79-50-26-45-46(59)31-63-52(45)65-55(50)77-5)54(71)66-80(75,76)41-25-47(70(73)74)53(62-30-41)61-29-37-12-15-57(4,72)16-13-37/h6-11,14,19,24-26,30-31,35-37,40,48,64,72H,12-13,15-18,20-23,27-29,32-34H2,1-5H3,(H,61,62)(H,63,65)(H,66,71)/t36?,37?,48-,57?/m0/s1. The molecule has 22 heteroatoms. The van der Waals surface area contributed by atoms with Gasteiger partial charge in [0.25, 0.3) is 21.8 Å². The second-order valence-corrected chi connectivity index (χ2v) is 24.9. The third kappa shape index (κ3) is 11.3. The Labute approximate surface area is 465 Å². The van der Waals surface area contributed by atoms with Crippen molar-refractivity contribution >= 4 is 49.8 Å². The van der Waals surface area contributed by atoms with Gasteiger partial charge in [-0.1, -0.05) is 38.1 Å². The first-order valence-electron chi connectivity index (χ1n) is 27.8. The average molecular weight is 1120 g/mol. The SMILES string of the molecule is COc1nc2[nH]cc(F)c2cc1Oc1cc(N2CCC3(CC2)CC(N2CCN(Cc4ccnc5c4NC(C)CO5)C[C@H]2c2ccccc2C(C)C)C3)ccc1C(=O)NS(=O)(=O)c1cnc(NCC2CCC(C)(O)CC2)c([N+](=O)[O-])c1. The first-order chi connectivity index (χ1) is 38.3. The van der Waals surface area contributed by atoms with Crippen molar-refractivity contribution in [3.05, 3.63) is 117 Å². The van der Waals surface area contributed by atoms with E-state index in [1.165, 1.54) is 35.9 Å². The number of carbonyl (C=O) groups is 1. The number of aliphatic hydroxyl groups is 1. The van der Waals surface area contributed by atoms with Gasteiger partial charge >= 0.3 is 5.69 Å². The summed E-state index contributed by atoms with van der Waals surface area (Å²) in [5, 5.41) is 29.3. The van der Waals surface area contributed by atoms with Gasteiger partial charge in [0.05, 0.1) is 40.8 Å². The molecule has 2 atom stereocenters. The number of nitrogens with one attached hydrogen (secondary N) is 4. The molecule has 7 heterocycles. The van der Waals surface area contributed by atoms with Crippen molar-refractivity contribution in [3.8, 4) is 23.3 Å². The molecule has 5 N–H and O–H groups in total. The summed E-state index contributed by atoms with van der Waals surface area (Å²) in [6.07, 6.45) is 10.6. The number of pyridine rings is 3. The molecule has 11 rings (SSSR count). The zero-order valence-corrected chi connectivity index (χ0v) is 46.7. The molecule has 1 unspecified atom stereocenters. The Bertz CT molecular complexity index is 3410. The van der Waals surface area contributed by atoms with Gasteiger partial charge in [0.1, 0.15) is 34.4 Å². The van der Waals surface area contributed by atoms with Crippen LogP contribution in [-0.4, -0.2) is 125 Å². The summed E-state index contributed by atoms with van der Waals surface area (Å²) in [4.78, 5) is 48.5. The molecular weight excluding hydrogens is 1050 g/mol. The number of aromatic amines is 1. The van der Waals surface area contributed by atoms with Gasteiger partial charge in [0, 0.05) is 94.2 Å². The summed E-state index contributed by atoms with van der Waals surface area (Å²) in [5.74, 6) is -0.732. The summed E-state index contributed by atoms with van der Waals surface area (Å²) in [5.41, 5.74) is 4.50. The van der Waals surface area contributed by atoms with E-state index in [1.54, 1.807) is 19.1 Å². The Morgan fingerprint density at radius 3 is 2.55 bits per heavy atom. The molecule has 1 spiro atoms. The van der Waals surface area contributed by atoms with Crippen LogP contribution >= 0.6 is 0 Å². The number of fused-ring (bicyclic) bond motifs is 2. The third-order valence-electron chi connectivity index (χ3n) is 17.2. The van der Waals surface area contributed by atoms with Crippen molar-refractivity contribution in [3.63, 3.8) is 0 Å². The lowest BCUT2D eigenvalue weighted by molar-refractivity contribution is -0.384. The van der Waals surface area contributed by atoms with Crippen molar-refractivity contribution in [1.29, 1.82) is 0 Å². The maximum atomic E-state index is 15.0. The number of H-pyrrole nitrogens is 1. The summed E-state index contributed by atoms with van der Waals surface area (Å²) >= 11 is 0. The highest BCUT2D eigenvalue weighted by molar-refractivity contribution is 7.90. The minimum absolute atomic E-state index is 0.0173. The Balaban J connectivity index is 0.803. The number of piperidine rings is 1. The lowest BCUT2D eigenvalue weighted by atomic mass is 9.59. The van der Waals surface area contributed by atoms with E-state index < -0.39 is 42.9 Å². The number of amides is 1. The number of nitrogens with zero attached hydrogens (tertiary/aromatic N) is 7. The van der Waals surface area contributed by atoms with Crippen molar-refractivity contribution < 1.29 is 41.8 Å². The highest BCUT2D eigenvalue weighted by atomic mass is 32.2. The second kappa shape index (κ2) is 22.1. The molecule has 2 aliphatic carbocycles. The summed E-state index contributed by atoms with van der Waals surface area (Å²) in [7, 11) is -3.38. The number of hydrogen-bond acceptors (Lipinski definition) is 17. The van der Waals surface area contributed by atoms with Crippen LogP contribution < -0.4 is 34.5 Å². The second-order valence-electron chi connectivity index (χ2n) is 23.2. The number of piperazine rings is 1. The van der Waals surface area contributed by atoms with E-state index in [-0.39, 0.29) is 63.2 Å². The number of carbonyl (C=O) groups excluding carboxylic acids is 1. The molecular formula is C58H70FN11O9S. The fourth-order valence-corrected chi connectivity index (χ4v) is 13.5. The number of nitro groups is 1. The van der Waals surface area contributed by atoms with Crippen molar-refractivity contribution in [2.24, 2.45) is 11.3 Å². The third-order valence-corrected chi connectivity index (χ3v) is 18.5. The number of sulfonamides is 1. The number of ether oxygens (including phenoxy) is 3. The number of anilines is 3. The predicted molar refractivity (Wildman–Crippen MR) is 301 cm³/mol. The van der Waals surface area contributed by atoms with Gasteiger partial charge in [-0.2, -0.15) is 4.98 Å².